The third-order valence-electron chi connectivity index (χ3n) is 4.83. The average Bonchev–Trinajstić information content (AvgIpc) is 2.64. The largest absolute Gasteiger partial charge is 0.361 e. The van der Waals surface area contributed by atoms with Crippen LogP contribution in [0.15, 0.2) is 42.5 Å². The van der Waals surface area contributed by atoms with Gasteiger partial charge in [0.2, 0.25) is 0 Å². The summed E-state index contributed by atoms with van der Waals surface area (Å²) in [7, 11) is 0. The molecule has 0 aliphatic carbocycles. The lowest BCUT2D eigenvalue weighted by molar-refractivity contribution is 0.0660. The van der Waals surface area contributed by atoms with Gasteiger partial charge in [-0.25, -0.2) is 0 Å². The number of anilines is 1. The first kappa shape index (κ1) is 19.0. The van der Waals surface area contributed by atoms with Crippen LogP contribution in [0.3, 0.4) is 0 Å². The van der Waals surface area contributed by atoms with Gasteiger partial charge in [-0.3, -0.25) is 4.79 Å². The molecule has 3 rings (SSSR count). The normalized spacial score (nSPS) is 16.6. The Labute approximate surface area is 164 Å². The Morgan fingerprint density at radius 2 is 1.85 bits per heavy atom. The molecule has 1 amide bonds. The summed E-state index contributed by atoms with van der Waals surface area (Å²) in [6.45, 7) is 7.59. The number of para-hydroxylation sites is 1. The molecule has 4 nitrogen and oxygen atoms in total. The maximum Gasteiger partial charge on any atom is 0.257 e. The predicted octanol–water partition coefficient (Wildman–Crippen LogP) is 4.90. The molecular weight excluding hydrogens is 369 g/mol. The molecule has 0 spiro atoms. The highest BCUT2D eigenvalue weighted by Gasteiger charge is 2.33. The van der Waals surface area contributed by atoms with Gasteiger partial charge in [0.25, 0.3) is 5.91 Å². The molecule has 1 aliphatic rings. The number of carbonyl (C=O) groups excluding carboxylic acids is 1. The van der Waals surface area contributed by atoms with Gasteiger partial charge in [0.05, 0.1) is 5.56 Å². The Morgan fingerprint density at radius 1 is 1.12 bits per heavy atom. The number of carbonyl (C=O) groups is 1. The summed E-state index contributed by atoms with van der Waals surface area (Å²) in [6.07, 6.45) is -0.322. The number of hydrogen-bond donors (Lipinski definition) is 1. The second-order valence-corrected chi connectivity index (χ2v) is 7.13. The van der Waals surface area contributed by atoms with E-state index in [-0.39, 0.29) is 12.1 Å². The Bertz CT molecular complexity index is 792. The van der Waals surface area contributed by atoms with Crippen molar-refractivity contribution in [2.24, 2.45) is 0 Å². The van der Waals surface area contributed by atoms with Gasteiger partial charge < -0.3 is 15.1 Å². The molecule has 26 heavy (non-hydrogen) atoms. The monoisotopic (exact) mass is 391 g/mol. The van der Waals surface area contributed by atoms with Crippen molar-refractivity contribution in [3.63, 3.8) is 0 Å². The van der Waals surface area contributed by atoms with Gasteiger partial charge in [0, 0.05) is 34.4 Å². The number of halogens is 2. The summed E-state index contributed by atoms with van der Waals surface area (Å²) in [5, 5.41) is 4.60. The maximum absolute atomic E-state index is 13.2. The number of amides is 1. The zero-order valence-electron chi connectivity index (χ0n) is 15.0. The van der Waals surface area contributed by atoms with Crippen LogP contribution in [0.2, 0.25) is 10.0 Å². The fourth-order valence-corrected chi connectivity index (χ4v) is 3.79. The highest BCUT2D eigenvalue weighted by Crippen LogP contribution is 2.36. The molecular formula is C20H23Cl2N3O. The highest BCUT2D eigenvalue weighted by atomic mass is 35.5. The highest BCUT2D eigenvalue weighted by molar-refractivity contribution is 6.35. The molecule has 0 unspecified atom stereocenters. The Morgan fingerprint density at radius 3 is 2.54 bits per heavy atom. The van der Waals surface area contributed by atoms with Crippen molar-refractivity contribution in [3.8, 4) is 0 Å². The SMILES string of the molecule is CCN(CC)CCN1C(=O)c2ccccc2N[C@@H]1c1ccc(Cl)cc1Cl. The van der Waals surface area contributed by atoms with Gasteiger partial charge in [0.15, 0.2) is 0 Å². The topological polar surface area (TPSA) is 35.6 Å². The van der Waals surface area contributed by atoms with Gasteiger partial charge in [-0.15, -0.1) is 0 Å². The van der Waals surface area contributed by atoms with Gasteiger partial charge in [0.1, 0.15) is 6.17 Å². The van der Waals surface area contributed by atoms with Crippen LogP contribution in [-0.2, 0) is 0 Å². The average molecular weight is 392 g/mol. The maximum atomic E-state index is 13.2. The predicted molar refractivity (Wildman–Crippen MR) is 108 cm³/mol. The van der Waals surface area contributed by atoms with Crippen LogP contribution in [0.1, 0.15) is 35.9 Å². The third-order valence-corrected chi connectivity index (χ3v) is 5.39. The van der Waals surface area contributed by atoms with E-state index in [9.17, 15) is 4.79 Å². The summed E-state index contributed by atoms with van der Waals surface area (Å²) < 4.78 is 0. The summed E-state index contributed by atoms with van der Waals surface area (Å²) in [4.78, 5) is 17.3. The molecule has 2 aromatic rings. The minimum absolute atomic E-state index is 0.0162. The lowest BCUT2D eigenvalue weighted by Gasteiger charge is -2.39. The van der Waals surface area contributed by atoms with Gasteiger partial charge in [-0.1, -0.05) is 55.2 Å². The Hall–Kier alpha value is -1.75. The van der Waals surface area contributed by atoms with Crippen molar-refractivity contribution in [3.05, 3.63) is 63.6 Å². The van der Waals surface area contributed by atoms with Gasteiger partial charge in [-0.05, 0) is 37.4 Å². The number of rotatable bonds is 6. The number of nitrogens with one attached hydrogen (secondary N) is 1. The zero-order chi connectivity index (χ0) is 18.7. The van der Waals surface area contributed by atoms with Crippen LogP contribution in [0.4, 0.5) is 5.69 Å². The molecule has 1 heterocycles. The van der Waals surface area contributed by atoms with E-state index in [1.165, 1.54) is 0 Å². The number of fused-ring (bicyclic) bond motifs is 1. The second kappa shape index (κ2) is 8.30. The molecule has 1 N–H and O–H groups in total. The number of nitrogens with zero attached hydrogens (tertiary/aromatic N) is 2. The second-order valence-electron chi connectivity index (χ2n) is 6.28. The van der Waals surface area contributed by atoms with Crippen molar-refractivity contribution in [2.45, 2.75) is 20.0 Å². The van der Waals surface area contributed by atoms with E-state index in [2.05, 4.69) is 24.1 Å². The van der Waals surface area contributed by atoms with Crippen LogP contribution >= 0.6 is 23.2 Å². The van der Waals surface area contributed by atoms with E-state index < -0.39 is 0 Å². The smallest absolute Gasteiger partial charge is 0.257 e. The molecule has 0 aromatic heterocycles. The van der Waals surface area contributed by atoms with E-state index >= 15 is 0 Å². The first-order chi connectivity index (χ1) is 12.5. The number of hydrogen-bond acceptors (Lipinski definition) is 3. The van der Waals surface area contributed by atoms with Crippen LogP contribution in [0, 0.1) is 0 Å². The summed E-state index contributed by atoms with van der Waals surface area (Å²) in [5.41, 5.74) is 2.36. The molecule has 1 aliphatic heterocycles. The Kier molecular flexibility index (Phi) is 6.07. The molecule has 0 saturated heterocycles. The lowest BCUT2D eigenvalue weighted by atomic mass is 10.0. The first-order valence-corrected chi connectivity index (χ1v) is 9.64. The summed E-state index contributed by atoms with van der Waals surface area (Å²) in [6, 6.07) is 13.0. The van der Waals surface area contributed by atoms with E-state index in [0.29, 0.717) is 22.2 Å². The lowest BCUT2D eigenvalue weighted by Crippen LogP contribution is -2.46. The van der Waals surface area contributed by atoms with Crippen molar-refractivity contribution in [2.75, 3.05) is 31.5 Å². The van der Waals surface area contributed by atoms with Crippen LogP contribution in [0.25, 0.3) is 0 Å². The third kappa shape index (κ3) is 3.83. The number of likely N-dealkylation sites (N-methyl/N-ethyl adjacent to an activating group) is 1. The Balaban J connectivity index is 1.96. The molecule has 0 bridgehead atoms. The van der Waals surface area contributed by atoms with E-state index in [4.69, 9.17) is 23.2 Å². The molecule has 2 aromatic carbocycles. The van der Waals surface area contributed by atoms with E-state index in [1.807, 2.05) is 35.2 Å². The fourth-order valence-electron chi connectivity index (χ4n) is 3.28. The fraction of sp³-hybridized carbons (Fsp3) is 0.350. The molecule has 0 radical (unpaired) electrons. The van der Waals surface area contributed by atoms with Crippen molar-refractivity contribution in [1.82, 2.24) is 9.80 Å². The van der Waals surface area contributed by atoms with Crippen molar-refractivity contribution < 1.29 is 4.79 Å². The summed E-state index contributed by atoms with van der Waals surface area (Å²) >= 11 is 12.5. The zero-order valence-corrected chi connectivity index (χ0v) is 16.5. The number of benzene rings is 2. The molecule has 0 fully saturated rings. The molecule has 138 valence electrons. The van der Waals surface area contributed by atoms with E-state index in [0.717, 1.165) is 30.9 Å². The van der Waals surface area contributed by atoms with Crippen LogP contribution in [0.5, 0.6) is 0 Å². The first-order valence-electron chi connectivity index (χ1n) is 8.89. The minimum Gasteiger partial charge on any atom is -0.361 e. The molecule has 6 heteroatoms. The van der Waals surface area contributed by atoms with Crippen molar-refractivity contribution >= 4 is 34.8 Å². The standard InChI is InChI=1S/C20H23Cl2N3O/c1-3-24(4-2)11-12-25-19(15-10-9-14(21)13-17(15)22)23-18-8-6-5-7-16(18)20(25)26/h5-10,13,19,23H,3-4,11-12H2,1-2H3/t19-/m0/s1. The van der Waals surface area contributed by atoms with Crippen LogP contribution in [-0.4, -0.2) is 41.9 Å². The van der Waals surface area contributed by atoms with Gasteiger partial charge >= 0.3 is 0 Å². The van der Waals surface area contributed by atoms with Gasteiger partial charge in [-0.2, -0.15) is 0 Å². The van der Waals surface area contributed by atoms with Crippen LogP contribution < -0.4 is 5.32 Å². The summed E-state index contributed by atoms with van der Waals surface area (Å²) in [5.74, 6) is 0.0162. The minimum atomic E-state index is -0.322. The molecule has 1 atom stereocenters. The quantitative estimate of drug-likeness (QED) is 0.760. The van der Waals surface area contributed by atoms with E-state index in [1.54, 1.807) is 12.1 Å². The van der Waals surface area contributed by atoms with Crippen molar-refractivity contribution in [1.29, 1.82) is 0 Å². The molecule has 0 saturated carbocycles.